The highest BCUT2D eigenvalue weighted by Gasteiger charge is 2.47. The molecule has 1 saturated heterocycles. The van der Waals surface area contributed by atoms with Gasteiger partial charge in [-0.25, -0.2) is 28.6 Å². The minimum atomic E-state index is -5.75. The summed E-state index contributed by atoms with van der Waals surface area (Å²) < 4.78 is 65.3. The van der Waals surface area contributed by atoms with E-state index < -0.39 is 54.6 Å². The molecule has 2 aromatic heterocycles. The Balaban J connectivity index is 1.36. The van der Waals surface area contributed by atoms with Gasteiger partial charge in [-0.05, 0) is 24.3 Å². The van der Waals surface area contributed by atoms with Gasteiger partial charge in [0.05, 0.1) is 20.0 Å². The summed E-state index contributed by atoms with van der Waals surface area (Å²) in [5.74, 6) is 0.144. The van der Waals surface area contributed by atoms with Gasteiger partial charge in [0, 0.05) is 0 Å². The first-order chi connectivity index (χ1) is 18.2. The number of hydrogen-bond donors (Lipinski definition) is 6. The predicted molar refractivity (Wildman–Crippen MR) is 127 cm³/mol. The van der Waals surface area contributed by atoms with Crippen LogP contribution < -0.4 is 15.0 Å². The summed E-state index contributed by atoms with van der Waals surface area (Å²) in [4.78, 5) is 41.1. The molecular formula is C17H22N5O14P3. The second-order valence-electron chi connectivity index (χ2n) is 7.76. The second-order valence-corrected chi connectivity index (χ2v) is 12.3. The number of benzene rings is 1. The van der Waals surface area contributed by atoms with Crippen LogP contribution in [0.15, 0.2) is 36.9 Å². The third-order valence-corrected chi connectivity index (χ3v) is 9.31. The first kappa shape index (κ1) is 29.5. The Morgan fingerprint density at radius 2 is 1.59 bits per heavy atom. The van der Waals surface area contributed by atoms with Crippen LogP contribution in [-0.2, 0) is 31.6 Å². The van der Waals surface area contributed by atoms with E-state index in [9.17, 15) is 38.6 Å². The van der Waals surface area contributed by atoms with Crippen LogP contribution in [0.2, 0.25) is 0 Å². The topological polar surface area (TPSA) is 277 Å². The molecule has 0 saturated carbocycles. The maximum atomic E-state index is 12.2. The first-order valence-electron chi connectivity index (χ1n) is 10.5. The Kier molecular flexibility index (Phi) is 8.45. The van der Waals surface area contributed by atoms with Gasteiger partial charge in [0.25, 0.3) is 0 Å². The fourth-order valence-electron chi connectivity index (χ4n) is 3.41. The Hall–Kier alpha value is -2.50. The average molecular weight is 613 g/mol. The van der Waals surface area contributed by atoms with Crippen LogP contribution in [-0.4, -0.2) is 76.4 Å². The molecule has 0 amide bonds. The van der Waals surface area contributed by atoms with Crippen molar-refractivity contribution in [2.75, 3.05) is 19.5 Å². The molecule has 0 spiro atoms. The smallest absolute Gasteiger partial charge is 0.497 e. The molecule has 4 rings (SSSR count). The number of phosphoric ester groups is 2. The largest absolute Gasteiger partial charge is 0.536 e. The lowest BCUT2D eigenvalue weighted by molar-refractivity contribution is -0.0503. The maximum Gasteiger partial charge on any atom is 0.536 e. The lowest BCUT2D eigenvalue weighted by atomic mass is 10.1. The number of aromatic nitrogens is 4. The molecule has 1 fully saturated rings. The van der Waals surface area contributed by atoms with Gasteiger partial charge >= 0.3 is 23.5 Å². The van der Waals surface area contributed by atoms with E-state index >= 15 is 0 Å². The van der Waals surface area contributed by atoms with Crippen molar-refractivity contribution < 1.29 is 65.7 Å². The van der Waals surface area contributed by atoms with E-state index in [2.05, 4.69) is 32.6 Å². The van der Waals surface area contributed by atoms with Crippen LogP contribution in [0, 0.1) is 0 Å². The number of rotatable bonds is 11. The van der Waals surface area contributed by atoms with Crippen molar-refractivity contribution in [3.63, 3.8) is 0 Å². The van der Waals surface area contributed by atoms with Crippen molar-refractivity contribution in [3.8, 4) is 11.5 Å². The third-order valence-electron chi connectivity index (χ3n) is 5.09. The molecule has 214 valence electrons. The number of hydrogen-bond acceptors (Lipinski definition) is 15. The van der Waals surface area contributed by atoms with E-state index in [1.807, 2.05) is 0 Å². The number of fused-ring (bicyclic) bond motifs is 1. The van der Waals surface area contributed by atoms with Crippen LogP contribution >= 0.6 is 23.5 Å². The number of nitrogens with two attached hydrogens (primary N) is 1. The zero-order valence-corrected chi connectivity index (χ0v) is 22.3. The quantitative estimate of drug-likeness (QED) is 0.160. The van der Waals surface area contributed by atoms with Gasteiger partial charge in [-0.15, -0.1) is 0 Å². The van der Waals surface area contributed by atoms with E-state index in [1.165, 1.54) is 42.3 Å². The molecular weight excluding hydrogens is 591 g/mol. The molecule has 1 aliphatic heterocycles. The summed E-state index contributed by atoms with van der Waals surface area (Å²) in [5, 5.41) is 20.7. The van der Waals surface area contributed by atoms with Crippen LogP contribution in [0.1, 0.15) is 6.23 Å². The third kappa shape index (κ3) is 6.99. The number of nitrogens with zero attached hydrogens (tertiary/aromatic N) is 4. The van der Waals surface area contributed by atoms with Gasteiger partial charge in [-0.1, -0.05) is 0 Å². The predicted octanol–water partition coefficient (Wildman–Crippen LogP) is 0.466. The van der Waals surface area contributed by atoms with Gasteiger partial charge < -0.3 is 39.7 Å². The minimum absolute atomic E-state index is 0.0440. The van der Waals surface area contributed by atoms with Crippen molar-refractivity contribution in [1.29, 1.82) is 0 Å². The number of methoxy groups -OCH3 is 1. The van der Waals surface area contributed by atoms with Crippen molar-refractivity contribution in [2.45, 2.75) is 24.5 Å². The van der Waals surface area contributed by atoms with E-state index in [4.69, 9.17) is 15.2 Å². The van der Waals surface area contributed by atoms with Crippen molar-refractivity contribution in [3.05, 3.63) is 36.9 Å². The number of ether oxygens (including phenoxy) is 2. The van der Waals surface area contributed by atoms with Crippen molar-refractivity contribution >= 4 is 40.4 Å². The highest BCUT2D eigenvalue weighted by molar-refractivity contribution is 7.67. The lowest BCUT2D eigenvalue weighted by Crippen LogP contribution is -2.33. The van der Waals surface area contributed by atoms with Crippen LogP contribution in [0.25, 0.3) is 11.2 Å². The van der Waals surface area contributed by atoms with Gasteiger partial charge in [-0.3, -0.25) is 14.0 Å². The van der Waals surface area contributed by atoms with Crippen LogP contribution in [0.5, 0.6) is 11.5 Å². The Morgan fingerprint density at radius 3 is 2.26 bits per heavy atom. The summed E-state index contributed by atoms with van der Waals surface area (Å²) in [5.41, 5.74) is 6.06. The molecule has 7 N–H and O–H groups in total. The molecule has 0 bridgehead atoms. The first-order valence-corrected chi connectivity index (χ1v) is 15.0. The zero-order valence-electron chi connectivity index (χ0n) is 19.6. The molecule has 39 heavy (non-hydrogen) atoms. The Morgan fingerprint density at radius 1 is 0.949 bits per heavy atom. The number of aliphatic hydroxyl groups excluding tert-OH is 2. The Labute approximate surface area is 218 Å². The summed E-state index contributed by atoms with van der Waals surface area (Å²) in [6.45, 7) is -0.953. The van der Waals surface area contributed by atoms with E-state index in [-0.39, 0.29) is 22.7 Å². The Bertz CT molecular complexity index is 1470. The molecule has 7 atom stereocenters. The number of anilines is 1. The normalized spacial score (nSPS) is 26.0. The molecule has 3 aromatic rings. The summed E-state index contributed by atoms with van der Waals surface area (Å²) >= 11 is 0. The molecule has 22 heteroatoms. The number of imidazole rings is 1. The van der Waals surface area contributed by atoms with E-state index in [0.717, 1.165) is 6.33 Å². The lowest BCUT2D eigenvalue weighted by Gasteiger charge is -2.20. The maximum absolute atomic E-state index is 12.2. The molecule has 19 nitrogen and oxygen atoms in total. The molecule has 1 aromatic carbocycles. The monoisotopic (exact) mass is 613 g/mol. The average Bonchev–Trinajstić information content (AvgIpc) is 3.38. The zero-order chi connectivity index (χ0) is 28.6. The summed E-state index contributed by atoms with van der Waals surface area (Å²) in [6, 6.07) is 5.05. The second kappa shape index (κ2) is 11.2. The van der Waals surface area contributed by atoms with Gasteiger partial charge in [-0.2, -0.15) is 8.62 Å². The van der Waals surface area contributed by atoms with Crippen molar-refractivity contribution in [2.24, 2.45) is 0 Å². The SMILES string of the molecule is COc1ccc(OP(=O)(O)OP(=O)(O)OP(=O)(O)OC[C@H]2O[C@@H](n3cnc4c(N)ncnc43)[C@H](O)[C@@H]2O)cc1. The van der Waals surface area contributed by atoms with Crippen molar-refractivity contribution in [1.82, 2.24) is 19.5 Å². The fourth-order valence-corrected chi connectivity index (χ4v) is 6.93. The fraction of sp³-hybridized carbons (Fsp3) is 0.353. The highest BCUT2D eigenvalue weighted by atomic mass is 31.3. The molecule has 0 radical (unpaired) electrons. The van der Waals surface area contributed by atoms with Crippen LogP contribution in [0.3, 0.4) is 0 Å². The number of nitrogen functional groups attached to an aromatic ring is 1. The van der Waals surface area contributed by atoms with E-state index in [1.54, 1.807) is 0 Å². The number of aliphatic hydroxyl groups is 2. The molecule has 0 aliphatic carbocycles. The summed E-state index contributed by atoms with van der Waals surface area (Å²) in [7, 11) is -15.2. The van der Waals surface area contributed by atoms with E-state index in [0.29, 0.717) is 5.75 Å². The minimum Gasteiger partial charge on any atom is -0.497 e. The molecule has 3 unspecified atom stereocenters. The molecule has 3 heterocycles. The number of phosphoric acid groups is 3. The van der Waals surface area contributed by atoms with Crippen LogP contribution in [0.4, 0.5) is 5.82 Å². The van der Waals surface area contributed by atoms with Gasteiger partial charge in [0.1, 0.15) is 41.7 Å². The van der Waals surface area contributed by atoms with Gasteiger partial charge in [0.15, 0.2) is 17.7 Å². The highest BCUT2D eigenvalue weighted by Crippen LogP contribution is 2.67. The molecule has 1 aliphatic rings. The van der Waals surface area contributed by atoms with Gasteiger partial charge in [0.2, 0.25) is 0 Å². The summed E-state index contributed by atoms with van der Waals surface area (Å²) in [6.07, 6.45) is -3.70. The standard InChI is InChI=1S/C17H22N5O14P3/c1-31-9-2-4-10(5-3-9)34-38(27,28)36-39(29,30)35-37(25,26)32-6-11-13(23)14(24)17(33-11)22-8-21-12-15(18)19-7-20-16(12)22/h2-5,7-8,11,13-14,17,23-24H,6H2,1H3,(H,25,26)(H,27,28)(H,29,30)(H2,18,19,20)/t11-,13-,14-,17-/m1/s1.